The molecule has 0 aliphatic carbocycles. The molecule has 80 valence electrons. The van der Waals surface area contributed by atoms with Gasteiger partial charge >= 0.3 is 0 Å². The lowest BCUT2D eigenvalue weighted by molar-refractivity contribution is 0.112. The number of aldehydes is 1. The minimum atomic E-state index is 0.128. The van der Waals surface area contributed by atoms with Crippen molar-refractivity contribution in [2.45, 2.75) is 30.6 Å². The quantitative estimate of drug-likeness (QED) is 0.692. The van der Waals surface area contributed by atoms with Crippen molar-refractivity contribution in [2.75, 3.05) is 5.75 Å². The van der Waals surface area contributed by atoms with Crippen molar-refractivity contribution >= 4 is 29.6 Å². The SMILES string of the molecule is CC1(C)CCSc2c(Cl)cc(C=O)cc21. The summed E-state index contributed by atoms with van der Waals surface area (Å²) in [4.78, 5) is 11.9. The summed E-state index contributed by atoms with van der Waals surface area (Å²) in [7, 11) is 0. The number of carbonyl (C=O) groups is 1. The maximum Gasteiger partial charge on any atom is 0.150 e. The number of hydrogen-bond donors (Lipinski definition) is 0. The number of benzene rings is 1. The molecule has 3 heteroatoms. The van der Waals surface area contributed by atoms with Crippen LogP contribution >= 0.6 is 23.4 Å². The third-order valence-electron chi connectivity index (χ3n) is 2.90. The van der Waals surface area contributed by atoms with E-state index < -0.39 is 0 Å². The van der Waals surface area contributed by atoms with E-state index >= 15 is 0 Å². The number of halogens is 1. The molecule has 0 fully saturated rings. The number of carbonyl (C=O) groups excluding carboxylic acids is 1. The molecule has 15 heavy (non-hydrogen) atoms. The molecule has 1 aliphatic rings. The molecule has 1 heterocycles. The molecule has 1 nitrogen and oxygen atoms in total. The van der Waals surface area contributed by atoms with Crippen LogP contribution in [0.25, 0.3) is 0 Å². The lowest BCUT2D eigenvalue weighted by Gasteiger charge is -2.32. The van der Waals surface area contributed by atoms with Gasteiger partial charge in [-0.2, -0.15) is 0 Å². The Hall–Kier alpha value is -0.470. The molecular weight excluding hydrogens is 228 g/mol. The van der Waals surface area contributed by atoms with Crippen molar-refractivity contribution in [3.05, 3.63) is 28.3 Å². The topological polar surface area (TPSA) is 17.1 Å². The van der Waals surface area contributed by atoms with Gasteiger partial charge in [0.25, 0.3) is 0 Å². The molecular formula is C12H13ClOS. The molecule has 0 spiro atoms. The van der Waals surface area contributed by atoms with Gasteiger partial charge in [0.05, 0.1) is 5.02 Å². The number of fused-ring (bicyclic) bond motifs is 1. The van der Waals surface area contributed by atoms with Crippen molar-refractivity contribution in [1.82, 2.24) is 0 Å². The Balaban J connectivity index is 2.64. The van der Waals surface area contributed by atoms with Gasteiger partial charge in [0.2, 0.25) is 0 Å². The fourth-order valence-electron chi connectivity index (χ4n) is 1.87. The van der Waals surface area contributed by atoms with Crippen LogP contribution in [0.4, 0.5) is 0 Å². The second kappa shape index (κ2) is 3.84. The summed E-state index contributed by atoms with van der Waals surface area (Å²) in [5, 5.41) is 0.715. The van der Waals surface area contributed by atoms with E-state index in [2.05, 4.69) is 13.8 Å². The summed E-state index contributed by atoms with van der Waals surface area (Å²) in [5.41, 5.74) is 2.02. The largest absolute Gasteiger partial charge is 0.298 e. The molecule has 0 N–H and O–H groups in total. The molecule has 0 radical (unpaired) electrons. The normalized spacial score (nSPS) is 18.3. The maximum atomic E-state index is 10.8. The van der Waals surface area contributed by atoms with E-state index in [1.807, 2.05) is 6.07 Å². The molecule has 0 amide bonds. The lowest BCUT2D eigenvalue weighted by atomic mass is 9.81. The van der Waals surface area contributed by atoms with Crippen molar-refractivity contribution in [1.29, 1.82) is 0 Å². The van der Waals surface area contributed by atoms with Crippen LogP contribution in [-0.4, -0.2) is 12.0 Å². The first-order chi connectivity index (χ1) is 7.04. The minimum Gasteiger partial charge on any atom is -0.298 e. The zero-order chi connectivity index (χ0) is 11.1. The van der Waals surface area contributed by atoms with E-state index in [4.69, 9.17) is 11.6 Å². The highest BCUT2D eigenvalue weighted by Crippen LogP contribution is 2.44. The average molecular weight is 241 g/mol. The van der Waals surface area contributed by atoms with Gasteiger partial charge in [-0.15, -0.1) is 11.8 Å². The van der Waals surface area contributed by atoms with E-state index in [1.54, 1.807) is 17.8 Å². The van der Waals surface area contributed by atoms with Gasteiger partial charge in [-0.3, -0.25) is 4.79 Å². The monoisotopic (exact) mass is 240 g/mol. The van der Waals surface area contributed by atoms with Gasteiger partial charge < -0.3 is 0 Å². The van der Waals surface area contributed by atoms with Gasteiger partial charge in [0.1, 0.15) is 6.29 Å². The summed E-state index contributed by atoms with van der Waals surface area (Å²) < 4.78 is 0. The molecule has 0 bridgehead atoms. The van der Waals surface area contributed by atoms with Crippen molar-refractivity contribution < 1.29 is 4.79 Å². The Bertz CT molecular complexity index is 412. The molecule has 2 rings (SSSR count). The second-order valence-corrected chi connectivity index (χ2v) is 5.99. The molecule has 0 aromatic heterocycles. The van der Waals surface area contributed by atoms with Crippen LogP contribution in [0, 0.1) is 0 Å². The standard InChI is InChI=1S/C12H13ClOS/c1-12(2)3-4-15-11-9(12)5-8(7-14)6-10(11)13/h5-7H,3-4H2,1-2H3. The second-order valence-electron chi connectivity index (χ2n) is 4.48. The number of rotatable bonds is 1. The Labute approximate surface area is 99.2 Å². The van der Waals surface area contributed by atoms with Crippen LogP contribution in [0.15, 0.2) is 17.0 Å². The van der Waals surface area contributed by atoms with Crippen molar-refractivity contribution in [3.63, 3.8) is 0 Å². The fourth-order valence-corrected chi connectivity index (χ4v) is 3.77. The number of thioether (sulfide) groups is 1. The molecule has 0 saturated carbocycles. The number of hydrogen-bond acceptors (Lipinski definition) is 2. The van der Waals surface area contributed by atoms with Gasteiger partial charge in [0.15, 0.2) is 0 Å². The Morgan fingerprint density at radius 2 is 2.20 bits per heavy atom. The Morgan fingerprint density at radius 1 is 1.47 bits per heavy atom. The molecule has 1 aromatic carbocycles. The summed E-state index contributed by atoms with van der Waals surface area (Å²) in [6.07, 6.45) is 1.99. The molecule has 0 saturated heterocycles. The van der Waals surface area contributed by atoms with E-state index in [9.17, 15) is 4.79 Å². The Morgan fingerprint density at radius 3 is 2.87 bits per heavy atom. The van der Waals surface area contributed by atoms with E-state index in [0.717, 1.165) is 23.4 Å². The van der Waals surface area contributed by atoms with Crippen LogP contribution in [0.5, 0.6) is 0 Å². The first-order valence-electron chi connectivity index (χ1n) is 4.96. The fraction of sp³-hybridized carbons (Fsp3) is 0.417. The summed E-state index contributed by atoms with van der Waals surface area (Å²) in [6, 6.07) is 3.72. The molecule has 0 atom stereocenters. The first-order valence-corrected chi connectivity index (χ1v) is 6.33. The molecule has 0 unspecified atom stereocenters. The van der Waals surface area contributed by atoms with E-state index in [1.165, 1.54) is 5.56 Å². The maximum absolute atomic E-state index is 10.8. The summed E-state index contributed by atoms with van der Waals surface area (Å²) >= 11 is 7.96. The third kappa shape index (κ3) is 1.93. The van der Waals surface area contributed by atoms with Crippen LogP contribution in [0.1, 0.15) is 36.2 Å². The highest BCUT2D eigenvalue weighted by Gasteiger charge is 2.29. The van der Waals surface area contributed by atoms with Crippen LogP contribution < -0.4 is 0 Å². The van der Waals surface area contributed by atoms with Crippen LogP contribution in [0.3, 0.4) is 0 Å². The highest BCUT2D eigenvalue weighted by molar-refractivity contribution is 7.99. The minimum absolute atomic E-state index is 0.128. The zero-order valence-electron chi connectivity index (χ0n) is 8.84. The first kappa shape index (κ1) is 11.0. The van der Waals surface area contributed by atoms with Crippen LogP contribution in [-0.2, 0) is 5.41 Å². The van der Waals surface area contributed by atoms with Gasteiger partial charge in [-0.1, -0.05) is 25.4 Å². The van der Waals surface area contributed by atoms with E-state index in [0.29, 0.717) is 10.6 Å². The third-order valence-corrected chi connectivity index (χ3v) is 4.45. The molecule has 1 aromatic rings. The van der Waals surface area contributed by atoms with Gasteiger partial charge in [0, 0.05) is 10.5 Å². The summed E-state index contributed by atoms with van der Waals surface area (Å²) in [6.45, 7) is 4.41. The summed E-state index contributed by atoms with van der Waals surface area (Å²) in [5.74, 6) is 1.10. The molecule has 1 aliphatic heterocycles. The highest BCUT2D eigenvalue weighted by atomic mass is 35.5. The average Bonchev–Trinajstić information content (AvgIpc) is 2.18. The van der Waals surface area contributed by atoms with Crippen LogP contribution in [0.2, 0.25) is 5.02 Å². The predicted octanol–water partition coefficient (Wildman–Crippen LogP) is 3.93. The van der Waals surface area contributed by atoms with E-state index in [-0.39, 0.29) is 5.41 Å². The smallest absolute Gasteiger partial charge is 0.150 e. The van der Waals surface area contributed by atoms with Gasteiger partial charge in [-0.25, -0.2) is 0 Å². The zero-order valence-corrected chi connectivity index (χ0v) is 10.4. The van der Waals surface area contributed by atoms with Crippen molar-refractivity contribution in [3.8, 4) is 0 Å². The lowest BCUT2D eigenvalue weighted by Crippen LogP contribution is -2.23. The van der Waals surface area contributed by atoms with Gasteiger partial charge in [-0.05, 0) is 35.3 Å². The Kier molecular flexibility index (Phi) is 2.82. The van der Waals surface area contributed by atoms with Crippen molar-refractivity contribution in [2.24, 2.45) is 0 Å². The predicted molar refractivity (Wildman–Crippen MR) is 65.2 cm³/mol.